The fourth-order valence-corrected chi connectivity index (χ4v) is 4.68. The molecule has 0 aliphatic heterocycles. The van der Waals surface area contributed by atoms with E-state index in [0.29, 0.717) is 6.54 Å². The fourth-order valence-electron chi connectivity index (χ4n) is 3.46. The van der Waals surface area contributed by atoms with Gasteiger partial charge in [-0.15, -0.1) is 11.3 Å². The number of hydrogen-bond donors (Lipinski definition) is 1. The summed E-state index contributed by atoms with van der Waals surface area (Å²) in [6.07, 6.45) is 6.10. The van der Waals surface area contributed by atoms with Crippen molar-refractivity contribution >= 4 is 27.5 Å². The SMILES string of the molecule is O=C(CCn1cnc2sc3c(c2c1=O)CCCC3)NCC#Cc1ccccc1. The maximum absolute atomic E-state index is 12.9. The molecule has 5 nitrogen and oxygen atoms in total. The van der Waals surface area contributed by atoms with E-state index in [4.69, 9.17) is 0 Å². The minimum atomic E-state index is -0.123. The molecule has 1 aromatic carbocycles. The number of carbonyl (C=O) groups is 1. The van der Waals surface area contributed by atoms with Gasteiger partial charge in [-0.3, -0.25) is 14.2 Å². The summed E-state index contributed by atoms with van der Waals surface area (Å²) in [5, 5.41) is 3.54. The molecule has 142 valence electrons. The van der Waals surface area contributed by atoms with Gasteiger partial charge in [0.25, 0.3) is 5.56 Å². The molecule has 2 heterocycles. The molecule has 0 unspecified atom stereocenters. The van der Waals surface area contributed by atoms with Crippen molar-refractivity contribution in [3.05, 3.63) is 63.0 Å². The number of nitrogens with zero attached hydrogens (tertiary/aromatic N) is 2. The highest BCUT2D eigenvalue weighted by atomic mass is 32.1. The average Bonchev–Trinajstić information content (AvgIpc) is 3.11. The van der Waals surface area contributed by atoms with E-state index in [1.54, 1.807) is 22.2 Å². The zero-order chi connectivity index (χ0) is 19.3. The Morgan fingerprint density at radius 3 is 2.89 bits per heavy atom. The first-order valence-corrected chi connectivity index (χ1v) is 10.3. The van der Waals surface area contributed by atoms with Crippen LogP contribution in [-0.2, 0) is 24.2 Å². The Morgan fingerprint density at radius 1 is 1.21 bits per heavy atom. The van der Waals surface area contributed by atoms with E-state index in [1.165, 1.54) is 16.9 Å². The number of benzene rings is 1. The van der Waals surface area contributed by atoms with Crippen molar-refractivity contribution in [2.75, 3.05) is 6.54 Å². The third-order valence-electron chi connectivity index (χ3n) is 4.90. The summed E-state index contributed by atoms with van der Waals surface area (Å²) in [6.45, 7) is 0.613. The average molecular weight is 391 g/mol. The van der Waals surface area contributed by atoms with E-state index in [2.05, 4.69) is 22.1 Å². The smallest absolute Gasteiger partial charge is 0.262 e. The van der Waals surface area contributed by atoms with Gasteiger partial charge in [0, 0.05) is 23.4 Å². The molecule has 0 fully saturated rings. The number of hydrogen-bond acceptors (Lipinski definition) is 4. The fraction of sp³-hybridized carbons (Fsp3) is 0.318. The summed E-state index contributed by atoms with van der Waals surface area (Å²) in [6, 6.07) is 9.64. The lowest BCUT2D eigenvalue weighted by Gasteiger charge is -2.10. The summed E-state index contributed by atoms with van der Waals surface area (Å²) >= 11 is 1.64. The second kappa shape index (κ2) is 8.41. The van der Waals surface area contributed by atoms with Crippen LogP contribution in [0.2, 0.25) is 0 Å². The van der Waals surface area contributed by atoms with E-state index in [1.807, 2.05) is 30.3 Å². The molecule has 28 heavy (non-hydrogen) atoms. The molecule has 0 atom stereocenters. The Morgan fingerprint density at radius 2 is 2.04 bits per heavy atom. The molecule has 4 rings (SSSR count). The molecular formula is C22H21N3O2S. The number of aromatic nitrogens is 2. The zero-order valence-corrected chi connectivity index (χ0v) is 16.3. The van der Waals surface area contributed by atoms with Gasteiger partial charge >= 0.3 is 0 Å². The standard InChI is InChI=1S/C22H21N3O2S/c26-19(23-13-6-9-16-7-2-1-3-8-16)12-14-25-15-24-21-20(22(25)27)17-10-4-5-11-18(17)28-21/h1-3,7-8,15H,4-5,10-14H2,(H,23,26). The highest BCUT2D eigenvalue weighted by Gasteiger charge is 2.20. The van der Waals surface area contributed by atoms with E-state index in [9.17, 15) is 9.59 Å². The molecule has 1 aliphatic carbocycles. The van der Waals surface area contributed by atoms with Crippen LogP contribution in [0.3, 0.4) is 0 Å². The van der Waals surface area contributed by atoms with Crippen molar-refractivity contribution in [1.82, 2.24) is 14.9 Å². The molecule has 0 bridgehead atoms. The summed E-state index contributed by atoms with van der Waals surface area (Å²) in [4.78, 5) is 31.5. The maximum atomic E-state index is 12.9. The highest BCUT2D eigenvalue weighted by Crippen LogP contribution is 2.33. The lowest BCUT2D eigenvalue weighted by atomic mass is 9.97. The number of amides is 1. The molecule has 0 saturated heterocycles. The van der Waals surface area contributed by atoms with Gasteiger partial charge in [-0.1, -0.05) is 30.0 Å². The van der Waals surface area contributed by atoms with Gasteiger partial charge in [0.05, 0.1) is 18.3 Å². The van der Waals surface area contributed by atoms with Crippen molar-refractivity contribution in [3.8, 4) is 11.8 Å². The molecule has 0 radical (unpaired) electrons. The second-order valence-corrected chi connectivity index (χ2v) is 7.91. The van der Waals surface area contributed by atoms with Crippen LogP contribution in [0.5, 0.6) is 0 Å². The summed E-state index contributed by atoms with van der Waals surface area (Å²) < 4.78 is 1.55. The number of nitrogens with one attached hydrogen (secondary N) is 1. The second-order valence-electron chi connectivity index (χ2n) is 6.83. The number of thiophene rings is 1. The topological polar surface area (TPSA) is 64.0 Å². The molecule has 6 heteroatoms. The molecule has 0 spiro atoms. The lowest BCUT2D eigenvalue weighted by molar-refractivity contribution is -0.121. The Kier molecular flexibility index (Phi) is 5.54. The predicted octanol–water partition coefficient (Wildman–Crippen LogP) is 2.89. The van der Waals surface area contributed by atoms with E-state index in [-0.39, 0.29) is 24.4 Å². The molecule has 3 aromatic rings. The minimum absolute atomic E-state index is 0.0268. The number of fused-ring (bicyclic) bond motifs is 3. The largest absolute Gasteiger partial charge is 0.345 e. The molecule has 1 amide bonds. The Hall–Kier alpha value is -2.91. The van der Waals surface area contributed by atoms with Crippen molar-refractivity contribution in [3.63, 3.8) is 0 Å². The molecule has 1 N–H and O–H groups in total. The van der Waals surface area contributed by atoms with Crippen LogP contribution in [0, 0.1) is 11.8 Å². The van der Waals surface area contributed by atoms with Gasteiger partial charge in [-0.2, -0.15) is 0 Å². The van der Waals surface area contributed by atoms with Crippen LogP contribution in [-0.4, -0.2) is 22.0 Å². The maximum Gasteiger partial charge on any atom is 0.262 e. The van der Waals surface area contributed by atoms with Gasteiger partial charge in [0.1, 0.15) is 4.83 Å². The predicted molar refractivity (Wildman–Crippen MR) is 111 cm³/mol. The Balaban J connectivity index is 1.37. The monoisotopic (exact) mass is 391 g/mol. The van der Waals surface area contributed by atoms with E-state index in [0.717, 1.165) is 35.0 Å². The Labute approximate surface area is 167 Å². The van der Waals surface area contributed by atoms with Gasteiger partial charge < -0.3 is 5.32 Å². The number of aryl methyl sites for hydroxylation is 3. The molecule has 1 aliphatic rings. The van der Waals surface area contributed by atoms with E-state index < -0.39 is 0 Å². The van der Waals surface area contributed by atoms with Crippen molar-refractivity contribution < 1.29 is 4.79 Å². The third kappa shape index (κ3) is 4.00. The summed E-state index contributed by atoms with van der Waals surface area (Å²) in [5.41, 5.74) is 2.07. The highest BCUT2D eigenvalue weighted by molar-refractivity contribution is 7.18. The summed E-state index contributed by atoms with van der Waals surface area (Å²) in [7, 11) is 0. The number of carbonyl (C=O) groups excluding carboxylic acids is 1. The first-order chi connectivity index (χ1) is 13.7. The van der Waals surface area contributed by atoms with Crippen LogP contribution in [0.1, 0.15) is 35.3 Å². The van der Waals surface area contributed by atoms with Crippen molar-refractivity contribution in [2.45, 2.75) is 38.6 Å². The first-order valence-electron chi connectivity index (χ1n) is 9.52. The van der Waals surface area contributed by atoms with Gasteiger partial charge in [0.2, 0.25) is 5.91 Å². The van der Waals surface area contributed by atoms with Gasteiger partial charge in [-0.05, 0) is 43.4 Å². The van der Waals surface area contributed by atoms with Gasteiger partial charge in [-0.25, -0.2) is 4.98 Å². The van der Waals surface area contributed by atoms with Crippen molar-refractivity contribution in [1.29, 1.82) is 0 Å². The van der Waals surface area contributed by atoms with Crippen LogP contribution >= 0.6 is 11.3 Å². The normalized spacial score (nSPS) is 12.9. The van der Waals surface area contributed by atoms with Crippen LogP contribution in [0.4, 0.5) is 0 Å². The Bertz CT molecular complexity index is 1120. The third-order valence-corrected chi connectivity index (χ3v) is 6.10. The molecule has 0 saturated carbocycles. The zero-order valence-electron chi connectivity index (χ0n) is 15.5. The molecule has 2 aromatic heterocycles. The van der Waals surface area contributed by atoms with Crippen LogP contribution < -0.4 is 10.9 Å². The summed E-state index contributed by atoms with van der Waals surface area (Å²) in [5.74, 6) is 5.81. The number of rotatable bonds is 4. The van der Waals surface area contributed by atoms with Crippen LogP contribution in [0.25, 0.3) is 10.2 Å². The quantitative estimate of drug-likeness (QED) is 0.696. The first kappa shape index (κ1) is 18.5. The van der Waals surface area contributed by atoms with E-state index >= 15 is 0 Å². The minimum Gasteiger partial charge on any atom is -0.345 e. The molecular weight excluding hydrogens is 370 g/mol. The van der Waals surface area contributed by atoms with Crippen molar-refractivity contribution in [2.24, 2.45) is 0 Å². The van der Waals surface area contributed by atoms with Crippen LogP contribution in [0.15, 0.2) is 41.5 Å². The van der Waals surface area contributed by atoms with Gasteiger partial charge in [0.15, 0.2) is 0 Å². The lowest BCUT2D eigenvalue weighted by Crippen LogP contribution is -2.28.